The van der Waals surface area contributed by atoms with Crippen molar-refractivity contribution in [3.8, 4) is 0 Å². The van der Waals surface area contributed by atoms with Crippen LogP contribution in [0, 0.1) is 0 Å². The zero-order valence-electron chi connectivity index (χ0n) is 8.88. The molecule has 1 heterocycles. The Morgan fingerprint density at radius 2 is 1.65 bits per heavy atom. The summed E-state index contributed by atoms with van der Waals surface area (Å²) in [5, 5.41) is 0.969. The van der Waals surface area contributed by atoms with Gasteiger partial charge >= 0.3 is 0 Å². The summed E-state index contributed by atoms with van der Waals surface area (Å²) in [6, 6.07) is 3.03. The second-order valence-corrected chi connectivity index (χ2v) is 4.90. The highest BCUT2D eigenvalue weighted by atomic mass is 35.5. The molecule has 1 aliphatic heterocycles. The van der Waals surface area contributed by atoms with Crippen LogP contribution in [0.2, 0.25) is 15.1 Å². The molecule has 0 bridgehead atoms. The van der Waals surface area contributed by atoms with E-state index in [1.165, 1.54) is 12.1 Å². The van der Waals surface area contributed by atoms with Gasteiger partial charge in [-0.25, -0.2) is 0 Å². The lowest BCUT2D eigenvalue weighted by Crippen LogP contribution is -2.40. The van der Waals surface area contributed by atoms with Crippen LogP contribution in [0.3, 0.4) is 0 Å². The maximum absolute atomic E-state index is 12.2. The molecule has 17 heavy (non-hydrogen) atoms. The number of carbonyl (C=O) groups is 1. The number of amides is 1. The molecule has 0 N–H and O–H groups in total. The van der Waals surface area contributed by atoms with Crippen molar-refractivity contribution in [2.75, 3.05) is 26.3 Å². The van der Waals surface area contributed by atoms with Crippen molar-refractivity contribution >= 4 is 40.7 Å². The monoisotopic (exact) mass is 293 g/mol. The molecule has 0 atom stereocenters. The fourth-order valence-corrected chi connectivity index (χ4v) is 2.65. The van der Waals surface area contributed by atoms with Crippen molar-refractivity contribution in [3.63, 3.8) is 0 Å². The molecule has 0 unspecified atom stereocenters. The maximum Gasteiger partial charge on any atom is 0.257 e. The molecule has 92 valence electrons. The van der Waals surface area contributed by atoms with Crippen LogP contribution in [0.15, 0.2) is 12.1 Å². The molecule has 1 aromatic rings. The third-order valence-corrected chi connectivity index (χ3v) is 3.33. The fraction of sp³-hybridized carbons (Fsp3) is 0.364. The molecule has 1 fully saturated rings. The minimum Gasteiger partial charge on any atom is -0.378 e. The van der Waals surface area contributed by atoms with E-state index in [0.717, 1.165) is 0 Å². The molecule has 0 spiro atoms. The zero-order valence-corrected chi connectivity index (χ0v) is 11.1. The first-order chi connectivity index (χ1) is 8.09. The Balaban J connectivity index is 2.30. The van der Waals surface area contributed by atoms with Gasteiger partial charge in [0.1, 0.15) is 0 Å². The van der Waals surface area contributed by atoms with Crippen LogP contribution in [0.4, 0.5) is 0 Å². The largest absolute Gasteiger partial charge is 0.378 e. The smallest absolute Gasteiger partial charge is 0.257 e. The van der Waals surface area contributed by atoms with Gasteiger partial charge in [0.2, 0.25) is 0 Å². The summed E-state index contributed by atoms with van der Waals surface area (Å²) in [5.41, 5.74) is 0.305. The molecule has 0 saturated carbocycles. The number of morpholine rings is 1. The molecule has 2 rings (SSSR count). The van der Waals surface area contributed by atoms with Crippen molar-refractivity contribution in [1.29, 1.82) is 0 Å². The first-order valence-corrected chi connectivity index (χ1v) is 6.24. The first kappa shape index (κ1) is 13.0. The van der Waals surface area contributed by atoms with Gasteiger partial charge in [-0.15, -0.1) is 0 Å². The van der Waals surface area contributed by atoms with Crippen LogP contribution in [0.25, 0.3) is 0 Å². The molecule has 1 aromatic carbocycles. The van der Waals surface area contributed by atoms with Crippen molar-refractivity contribution in [2.24, 2.45) is 0 Å². The number of carbonyl (C=O) groups excluding carboxylic acids is 1. The van der Waals surface area contributed by atoms with Gasteiger partial charge in [-0.05, 0) is 12.1 Å². The van der Waals surface area contributed by atoms with E-state index in [0.29, 0.717) is 36.9 Å². The predicted octanol–water partition coefficient (Wildman–Crippen LogP) is 3.12. The first-order valence-electron chi connectivity index (χ1n) is 5.11. The number of benzene rings is 1. The number of nitrogens with zero attached hydrogens (tertiary/aromatic N) is 1. The van der Waals surface area contributed by atoms with Crippen molar-refractivity contribution in [2.45, 2.75) is 0 Å². The summed E-state index contributed by atoms with van der Waals surface area (Å²) in [6.45, 7) is 2.17. The second-order valence-electron chi connectivity index (χ2n) is 3.65. The average Bonchev–Trinajstić information content (AvgIpc) is 2.28. The summed E-state index contributed by atoms with van der Waals surface area (Å²) < 4.78 is 5.18. The topological polar surface area (TPSA) is 29.5 Å². The molecule has 0 aliphatic carbocycles. The molecule has 3 nitrogen and oxygen atoms in total. The lowest BCUT2D eigenvalue weighted by Gasteiger charge is -2.27. The number of hydrogen-bond donors (Lipinski definition) is 0. The van der Waals surface area contributed by atoms with Gasteiger partial charge < -0.3 is 9.64 Å². The Hall–Kier alpha value is -0.480. The highest BCUT2D eigenvalue weighted by molar-refractivity contribution is 6.42. The fourth-order valence-electron chi connectivity index (χ4n) is 1.67. The number of hydrogen-bond acceptors (Lipinski definition) is 2. The van der Waals surface area contributed by atoms with E-state index in [-0.39, 0.29) is 16.0 Å². The van der Waals surface area contributed by atoms with Crippen molar-refractivity contribution < 1.29 is 9.53 Å². The third-order valence-electron chi connectivity index (χ3n) is 2.52. The summed E-state index contributed by atoms with van der Waals surface area (Å²) in [4.78, 5) is 13.9. The quantitative estimate of drug-likeness (QED) is 0.796. The minimum atomic E-state index is -0.181. The van der Waals surface area contributed by atoms with Crippen molar-refractivity contribution in [1.82, 2.24) is 4.90 Å². The Labute approximate surface area is 114 Å². The van der Waals surface area contributed by atoms with Gasteiger partial charge in [0.15, 0.2) is 0 Å². The van der Waals surface area contributed by atoms with E-state index < -0.39 is 0 Å². The van der Waals surface area contributed by atoms with E-state index in [1.807, 2.05) is 0 Å². The Kier molecular flexibility index (Phi) is 4.15. The van der Waals surface area contributed by atoms with Gasteiger partial charge in [0, 0.05) is 18.1 Å². The molecule has 0 radical (unpaired) electrons. The summed E-state index contributed by atoms with van der Waals surface area (Å²) >= 11 is 17.8. The Morgan fingerprint density at radius 1 is 1.12 bits per heavy atom. The summed E-state index contributed by atoms with van der Waals surface area (Å²) in [6.07, 6.45) is 0. The number of rotatable bonds is 1. The highest BCUT2D eigenvalue weighted by Gasteiger charge is 2.23. The van der Waals surface area contributed by atoms with E-state index >= 15 is 0 Å². The number of ether oxygens (including phenoxy) is 1. The van der Waals surface area contributed by atoms with E-state index in [9.17, 15) is 4.79 Å². The van der Waals surface area contributed by atoms with Gasteiger partial charge in [-0.3, -0.25) is 4.79 Å². The second kappa shape index (κ2) is 5.44. The Bertz CT molecular complexity index is 421. The molecular formula is C11H10Cl3NO2. The summed E-state index contributed by atoms with van der Waals surface area (Å²) in [7, 11) is 0. The van der Waals surface area contributed by atoms with Gasteiger partial charge in [-0.2, -0.15) is 0 Å². The van der Waals surface area contributed by atoms with Crippen LogP contribution >= 0.6 is 34.8 Å². The van der Waals surface area contributed by atoms with Gasteiger partial charge in [0.25, 0.3) is 5.91 Å². The average molecular weight is 295 g/mol. The maximum atomic E-state index is 12.2. The highest BCUT2D eigenvalue weighted by Crippen LogP contribution is 2.30. The Morgan fingerprint density at radius 3 is 2.18 bits per heavy atom. The molecule has 1 amide bonds. The van der Waals surface area contributed by atoms with E-state index in [2.05, 4.69) is 0 Å². The van der Waals surface area contributed by atoms with E-state index in [4.69, 9.17) is 39.5 Å². The predicted molar refractivity (Wildman–Crippen MR) is 68.2 cm³/mol. The van der Waals surface area contributed by atoms with Crippen LogP contribution in [-0.2, 0) is 4.74 Å². The molecule has 1 saturated heterocycles. The lowest BCUT2D eigenvalue weighted by atomic mass is 10.2. The van der Waals surface area contributed by atoms with Gasteiger partial charge in [0.05, 0.1) is 28.8 Å². The van der Waals surface area contributed by atoms with E-state index in [1.54, 1.807) is 4.90 Å². The standard InChI is InChI=1S/C11H10Cl3NO2/c12-7-5-8(13)10(9(14)6-7)11(16)15-1-3-17-4-2-15/h5-6H,1-4H2. The zero-order chi connectivity index (χ0) is 12.4. The molecule has 1 aliphatic rings. The SMILES string of the molecule is O=C(c1c(Cl)cc(Cl)cc1Cl)N1CCOCC1. The molecular weight excluding hydrogens is 284 g/mol. The van der Waals surface area contributed by atoms with Crippen LogP contribution in [0.5, 0.6) is 0 Å². The summed E-state index contributed by atoms with van der Waals surface area (Å²) in [5.74, 6) is -0.181. The normalized spacial score (nSPS) is 16.1. The van der Waals surface area contributed by atoms with Crippen LogP contribution in [0.1, 0.15) is 10.4 Å². The minimum absolute atomic E-state index is 0.181. The lowest BCUT2D eigenvalue weighted by molar-refractivity contribution is 0.0303. The van der Waals surface area contributed by atoms with Crippen molar-refractivity contribution in [3.05, 3.63) is 32.8 Å². The van der Waals surface area contributed by atoms with Gasteiger partial charge in [-0.1, -0.05) is 34.8 Å². The number of halogens is 3. The third kappa shape index (κ3) is 2.86. The van der Waals surface area contributed by atoms with Crippen LogP contribution < -0.4 is 0 Å². The molecule has 6 heteroatoms. The van der Waals surface area contributed by atoms with Crippen LogP contribution in [-0.4, -0.2) is 37.1 Å². The molecule has 0 aromatic heterocycles.